The molecule has 1 aliphatic rings. The van der Waals surface area contributed by atoms with Crippen LogP contribution in [-0.2, 0) is 19.9 Å². The number of aliphatic hydroxyl groups excluding tert-OH is 1. The zero-order valence-electron chi connectivity index (χ0n) is 11.3. The first-order valence-electron chi connectivity index (χ1n) is 6.98. The van der Waals surface area contributed by atoms with E-state index < -0.39 is 0 Å². The van der Waals surface area contributed by atoms with Crippen LogP contribution in [0.4, 0.5) is 0 Å². The van der Waals surface area contributed by atoms with Gasteiger partial charge in [-0.25, -0.2) is 0 Å². The highest BCUT2D eigenvalue weighted by molar-refractivity contribution is 5.31. The molecule has 0 saturated heterocycles. The van der Waals surface area contributed by atoms with Crippen LogP contribution in [0.15, 0.2) is 36.5 Å². The fourth-order valence-electron chi connectivity index (χ4n) is 3.09. The van der Waals surface area contributed by atoms with Crippen LogP contribution >= 0.6 is 0 Å². The molecule has 3 rings (SSSR count). The van der Waals surface area contributed by atoms with Crippen molar-refractivity contribution in [2.24, 2.45) is 13.0 Å². The molecule has 1 aliphatic carbocycles. The molecule has 2 atom stereocenters. The Morgan fingerprint density at radius 3 is 2.95 bits per heavy atom. The molecule has 0 aliphatic heterocycles. The van der Waals surface area contributed by atoms with E-state index in [-0.39, 0.29) is 6.10 Å². The number of benzene rings is 1. The summed E-state index contributed by atoms with van der Waals surface area (Å²) in [6.07, 6.45) is 5.70. The molecular weight excluding hydrogens is 236 g/mol. The zero-order chi connectivity index (χ0) is 13.2. The summed E-state index contributed by atoms with van der Waals surface area (Å²) in [5.41, 5.74) is 3.68. The number of nitrogens with zero attached hydrogens (tertiary/aromatic N) is 2. The van der Waals surface area contributed by atoms with Crippen molar-refractivity contribution in [2.45, 2.75) is 31.8 Å². The summed E-state index contributed by atoms with van der Waals surface area (Å²) in [6.45, 7) is 0. The molecule has 0 amide bonds. The SMILES string of the molecule is Cn1nccc1CCC1CCc2ccccc2C1O. The molecule has 0 radical (unpaired) electrons. The lowest BCUT2D eigenvalue weighted by molar-refractivity contribution is 0.0884. The maximum Gasteiger partial charge on any atom is 0.0821 e. The third-order valence-corrected chi connectivity index (χ3v) is 4.30. The van der Waals surface area contributed by atoms with Crippen LogP contribution < -0.4 is 0 Å². The van der Waals surface area contributed by atoms with E-state index in [1.54, 1.807) is 0 Å². The van der Waals surface area contributed by atoms with Gasteiger partial charge in [0.15, 0.2) is 0 Å². The van der Waals surface area contributed by atoms with Crippen LogP contribution in [0.5, 0.6) is 0 Å². The topological polar surface area (TPSA) is 38.0 Å². The Morgan fingerprint density at radius 2 is 2.16 bits per heavy atom. The second kappa shape index (κ2) is 5.17. The summed E-state index contributed by atoms with van der Waals surface area (Å²) >= 11 is 0. The van der Waals surface area contributed by atoms with Crippen molar-refractivity contribution in [3.8, 4) is 0 Å². The van der Waals surface area contributed by atoms with Gasteiger partial charge >= 0.3 is 0 Å². The third kappa shape index (κ3) is 2.43. The van der Waals surface area contributed by atoms with Crippen molar-refractivity contribution in [1.82, 2.24) is 9.78 Å². The summed E-state index contributed by atoms with van der Waals surface area (Å²) in [5.74, 6) is 0.366. The van der Waals surface area contributed by atoms with E-state index in [1.807, 2.05) is 24.0 Å². The highest BCUT2D eigenvalue weighted by Crippen LogP contribution is 2.36. The molecule has 100 valence electrons. The summed E-state index contributed by atoms with van der Waals surface area (Å²) in [6, 6.07) is 10.3. The average molecular weight is 256 g/mol. The Hall–Kier alpha value is -1.61. The first-order valence-corrected chi connectivity index (χ1v) is 6.98. The maximum absolute atomic E-state index is 10.5. The molecule has 3 heteroatoms. The van der Waals surface area contributed by atoms with Crippen LogP contribution in [0, 0.1) is 5.92 Å². The van der Waals surface area contributed by atoms with Gasteiger partial charge < -0.3 is 5.11 Å². The maximum atomic E-state index is 10.5. The normalized spacial score (nSPS) is 22.2. The molecular formula is C16H20N2O. The molecule has 2 aromatic rings. The van der Waals surface area contributed by atoms with E-state index >= 15 is 0 Å². The lowest BCUT2D eigenvalue weighted by Crippen LogP contribution is -2.21. The highest BCUT2D eigenvalue weighted by atomic mass is 16.3. The van der Waals surface area contributed by atoms with E-state index in [4.69, 9.17) is 0 Å². The van der Waals surface area contributed by atoms with Crippen LogP contribution in [0.25, 0.3) is 0 Å². The summed E-state index contributed by atoms with van der Waals surface area (Å²) in [5, 5.41) is 14.7. The molecule has 0 fully saturated rings. The summed E-state index contributed by atoms with van der Waals surface area (Å²) in [4.78, 5) is 0. The van der Waals surface area contributed by atoms with Gasteiger partial charge in [-0.05, 0) is 48.8 Å². The highest BCUT2D eigenvalue weighted by Gasteiger charge is 2.27. The standard InChI is InChI=1S/C16H20N2O/c1-18-14(10-11-17-18)9-8-13-7-6-12-4-2-3-5-15(12)16(13)19/h2-5,10-11,13,16,19H,6-9H2,1H3. The molecule has 0 saturated carbocycles. The van der Waals surface area contributed by atoms with Crippen LogP contribution in [-0.4, -0.2) is 14.9 Å². The Bertz CT molecular complexity index is 561. The summed E-state index contributed by atoms with van der Waals surface area (Å²) in [7, 11) is 1.97. The Labute approximate surface area is 113 Å². The van der Waals surface area contributed by atoms with E-state index in [0.29, 0.717) is 5.92 Å². The number of fused-ring (bicyclic) bond motifs is 1. The molecule has 1 heterocycles. The quantitative estimate of drug-likeness (QED) is 0.916. The molecule has 1 N–H and O–H groups in total. The van der Waals surface area contributed by atoms with Gasteiger partial charge in [-0.2, -0.15) is 5.10 Å². The number of hydrogen-bond donors (Lipinski definition) is 1. The molecule has 2 unspecified atom stereocenters. The van der Waals surface area contributed by atoms with Crippen molar-refractivity contribution < 1.29 is 5.11 Å². The van der Waals surface area contributed by atoms with Crippen molar-refractivity contribution in [3.05, 3.63) is 53.3 Å². The van der Waals surface area contributed by atoms with Crippen molar-refractivity contribution in [3.63, 3.8) is 0 Å². The molecule has 0 bridgehead atoms. The predicted octanol–water partition coefficient (Wildman–Crippen LogP) is 2.65. The van der Waals surface area contributed by atoms with Crippen molar-refractivity contribution in [2.75, 3.05) is 0 Å². The van der Waals surface area contributed by atoms with Gasteiger partial charge in [-0.15, -0.1) is 0 Å². The van der Waals surface area contributed by atoms with Gasteiger partial charge in [0.25, 0.3) is 0 Å². The molecule has 3 nitrogen and oxygen atoms in total. The Kier molecular flexibility index (Phi) is 3.38. The predicted molar refractivity (Wildman–Crippen MR) is 74.7 cm³/mol. The Morgan fingerprint density at radius 1 is 1.32 bits per heavy atom. The molecule has 1 aromatic carbocycles. The first kappa shape index (κ1) is 12.4. The lowest BCUT2D eigenvalue weighted by atomic mass is 9.79. The first-order chi connectivity index (χ1) is 9.25. The number of aryl methyl sites for hydroxylation is 3. The van der Waals surface area contributed by atoms with E-state index in [0.717, 1.165) is 31.2 Å². The number of aromatic nitrogens is 2. The van der Waals surface area contributed by atoms with Gasteiger partial charge in [0.05, 0.1) is 6.10 Å². The van der Waals surface area contributed by atoms with Crippen LogP contribution in [0.1, 0.15) is 35.8 Å². The van der Waals surface area contributed by atoms with Gasteiger partial charge in [0.1, 0.15) is 0 Å². The fourth-order valence-corrected chi connectivity index (χ4v) is 3.09. The number of hydrogen-bond acceptors (Lipinski definition) is 2. The van der Waals surface area contributed by atoms with Gasteiger partial charge in [-0.3, -0.25) is 4.68 Å². The minimum Gasteiger partial charge on any atom is -0.388 e. The number of rotatable bonds is 3. The average Bonchev–Trinajstić information content (AvgIpc) is 2.84. The van der Waals surface area contributed by atoms with Gasteiger partial charge in [-0.1, -0.05) is 24.3 Å². The molecule has 1 aromatic heterocycles. The second-order valence-corrected chi connectivity index (χ2v) is 5.43. The minimum absolute atomic E-state index is 0.307. The van der Waals surface area contributed by atoms with E-state index in [9.17, 15) is 5.11 Å². The monoisotopic (exact) mass is 256 g/mol. The molecule has 0 spiro atoms. The van der Waals surface area contributed by atoms with Gasteiger partial charge in [0, 0.05) is 18.9 Å². The van der Waals surface area contributed by atoms with E-state index in [2.05, 4.69) is 29.4 Å². The second-order valence-electron chi connectivity index (χ2n) is 5.43. The largest absolute Gasteiger partial charge is 0.388 e. The minimum atomic E-state index is -0.307. The summed E-state index contributed by atoms with van der Waals surface area (Å²) < 4.78 is 1.92. The van der Waals surface area contributed by atoms with Crippen molar-refractivity contribution in [1.29, 1.82) is 0 Å². The van der Waals surface area contributed by atoms with Crippen LogP contribution in [0.2, 0.25) is 0 Å². The lowest BCUT2D eigenvalue weighted by Gasteiger charge is -2.30. The van der Waals surface area contributed by atoms with E-state index in [1.165, 1.54) is 11.3 Å². The van der Waals surface area contributed by atoms with Gasteiger partial charge in [0.2, 0.25) is 0 Å². The zero-order valence-corrected chi connectivity index (χ0v) is 11.3. The number of aliphatic hydroxyl groups is 1. The smallest absolute Gasteiger partial charge is 0.0821 e. The fraction of sp³-hybridized carbons (Fsp3) is 0.438. The Balaban J connectivity index is 1.69. The van der Waals surface area contributed by atoms with Crippen LogP contribution in [0.3, 0.4) is 0 Å². The molecule has 19 heavy (non-hydrogen) atoms. The third-order valence-electron chi connectivity index (χ3n) is 4.30. The van der Waals surface area contributed by atoms with Crippen molar-refractivity contribution >= 4 is 0 Å².